The summed E-state index contributed by atoms with van der Waals surface area (Å²) in [5.74, 6) is 1.75. The van der Waals surface area contributed by atoms with Crippen molar-refractivity contribution in [2.45, 2.75) is 18.9 Å². The number of para-hydroxylation sites is 1. The highest BCUT2D eigenvalue weighted by molar-refractivity contribution is 5.90. The number of hydrogen-bond donors (Lipinski definition) is 1. The van der Waals surface area contributed by atoms with E-state index in [2.05, 4.69) is 34.3 Å². The van der Waals surface area contributed by atoms with E-state index in [0.717, 1.165) is 74.8 Å². The summed E-state index contributed by atoms with van der Waals surface area (Å²) >= 11 is 0. The van der Waals surface area contributed by atoms with Crippen LogP contribution in [0.2, 0.25) is 0 Å². The fourth-order valence-corrected chi connectivity index (χ4v) is 3.36. The average Bonchev–Trinajstić information content (AvgIpc) is 3.13. The molecule has 0 aliphatic carbocycles. The SMILES string of the molecule is CN1CCN(c2nc(NCC3CCCO3)c3ccccc3n2)CC1. The molecular formula is C18H25N5O. The van der Waals surface area contributed by atoms with Crippen molar-refractivity contribution in [3.8, 4) is 0 Å². The number of anilines is 2. The van der Waals surface area contributed by atoms with Crippen LogP contribution >= 0.6 is 0 Å². The van der Waals surface area contributed by atoms with Crippen LogP contribution in [0.4, 0.5) is 11.8 Å². The van der Waals surface area contributed by atoms with E-state index in [1.807, 2.05) is 12.1 Å². The second-order valence-electron chi connectivity index (χ2n) is 6.70. The summed E-state index contributed by atoms with van der Waals surface area (Å²) in [6.45, 7) is 5.73. The monoisotopic (exact) mass is 327 g/mol. The maximum absolute atomic E-state index is 5.72. The van der Waals surface area contributed by atoms with Crippen LogP contribution < -0.4 is 10.2 Å². The number of rotatable bonds is 4. The molecule has 3 heterocycles. The average molecular weight is 327 g/mol. The Labute approximate surface area is 142 Å². The molecule has 0 bridgehead atoms. The molecule has 6 heteroatoms. The van der Waals surface area contributed by atoms with Gasteiger partial charge in [-0.05, 0) is 32.0 Å². The molecule has 1 unspecified atom stereocenters. The van der Waals surface area contributed by atoms with Gasteiger partial charge in [0.2, 0.25) is 5.95 Å². The van der Waals surface area contributed by atoms with Gasteiger partial charge in [-0.15, -0.1) is 0 Å². The Kier molecular flexibility index (Phi) is 4.49. The third-order valence-electron chi connectivity index (χ3n) is 4.90. The predicted molar refractivity (Wildman–Crippen MR) is 96.7 cm³/mol. The normalized spacial score (nSPS) is 22.2. The van der Waals surface area contributed by atoms with E-state index in [0.29, 0.717) is 6.10 Å². The third-order valence-corrected chi connectivity index (χ3v) is 4.90. The first-order valence-corrected chi connectivity index (χ1v) is 8.85. The summed E-state index contributed by atoms with van der Waals surface area (Å²) in [5.41, 5.74) is 0.997. The molecule has 0 radical (unpaired) electrons. The van der Waals surface area contributed by atoms with Crippen LogP contribution in [0.5, 0.6) is 0 Å². The molecular weight excluding hydrogens is 302 g/mol. The van der Waals surface area contributed by atoms with Gasteiger partial charge in [-0.1, -0.05) is 12.1 Å². The van der Waals surface area contributed by atoms with Crippen molar-refractivity contribution in [1.29, 1.82) is 0 Å². The molecule has 2 aliphatic rings. The molecule has 2 saturated heterocycles. The van der Waals surface area contributed by atoms with Gasteiger partial charge < -0.3 is 19.9 Å². The molecule has 1 N–H and O–H groups in total. The molecule has 1 atom stereocenters. The highest BCUT2D eigenvalue weighted by Gasteiger charge is 2.20. The van der Waals surface area contributed by atoms with Crippen molar-refractivity contribution in [3.63, 3.8) is 0 Å². The van der Waals surface area contributed by atoms with E-state index in [9.17, 15) is 0 Å². The summed E-state index contributed by atoms with van der Waals surface area (Å²) in [7, 11) is 2.16. The molecule has 128 valence electrons. The minimum Gasteiger partial charge on any atom is -0.376 e. The Morgan fingerprint density at radius 1 is 1.17 bits per heavy atom. The Morgan fingerprint density at radius 2 is 2.00 bits per heavy atom. The molecule has 4 rings (SSSR count). The van der Waals surface area contributed by atoms with Crippen molar-refractivity contribution in [2.75, 3.05) is 56.6 Å². The maximum Gasteiger partial charge on any atom is 0.227 e. The largest absolute Gasteiger partial charge is 0.376 e. The van der Waals surface area contributed by atoms with Crippen LogP contribution in [0.3, 0.4) is 0 Å². The number of ether oxygens (including phenoxy) is 1. The molecule has 0 spiro atoms. The van der Waals surface area contributed by atoms with Crippen molar-refractivity contribution >= 4 is 22.7 Å². The van der Waals surface area contributed by atoms with Gasteiger partial charge in [-0.25, -0.2) is 4.98 Å². The lowest BCUT2D eigenvalue weighted by Gasteiger charge is -2.32. The zero-order valence-electron chi connectivity index (χ0n) is 14.2. The van der Waals surface area contributed by atoms with Crippen molar-refractivity contribution < 1.29 is 4.74 Å². The summed E-state index contributed by atoms with van der Waals surface area (Å²) in [6, 6.07) is 8.22. The van der Waals surface area contributed by atoms with Gasteiger partial charge in [0.25, 0.3) is 0 Å². The number of nitrogens with zero attached hydrogens (tertiary/aromatic N) is 4. The molecule has 0 saturated carbocycles. The fraction of sp³-hybridized carbons (Fsp3) is 0.556. The standard InChI is InChI=1S/C18H25N5O/c1-22-8-10-23(11-9-22)18-20-16-7-3-2-6-15(16)17(21-18)19-13-14-5-4-12-24-14/h2-3,6-7,14H,4-5,8-13H2,1H3,(H,19,20,21). The first-order valence-electron chi connectivity index (χ1n) is 8.85. The molecule has 1 aromatic heterocycles. The van der Waals surface area contributed by atoms with Crippen molar-refractivity contribution in [3.05, 3.63) is 24.3 Å². The van der Waals surface area contributed by atoms with Crippen LogP contribution in [-0.2, 0) is 4.74 Å². The number of likely N-dealkylation sites (N-methyl/N-ethyl adjacent to an activating group) is 1. The van der Waals surface area contributed by atoms with Crippen LogP contribution in [0.15, 0.2) is 24.3 Å². The number of piperazine rings is 1. The lowest BCUT2D eigenvalue weighted by atomic mass is 10.2. The van der Waals surface area contributed by atoms with E-state index in [1.54, 1.807) is 0 Å². The third kappa shape index (κ3) is 3.30. The molecule has 6 nitrogen and oxygen atoms in total. The molecule has 2 aromatic rings. The number of fused-ring (bicyclic) bond motifs is 1. The Balaban J connectivity index is 1.60. The Morgan fingerprint density at radius 3 is 2.79 bits per heavy atom. The van der Waals surface area contributed by atoms with E-state index in [1.165, 1.54) is 0 Å². The summed E-state index contributed by atoms with van der Waals surface area (Å²) in [4.78, 5) is 14.3. The fourth-order valence-electron chi connectivity index (χ4n) is 3.36. The van der Waals surface area contributed by atoms with E-state index >= 15 is 0 Å². The van der Waals surface area contributed by atoms with Gasteiger partial charge in [0.15, 0.2) is 0 Å². The minimum atomic E-state index is 0.297. The number of nitrogens with one attached hydrogen (secondary N) is 1. The minimum absolute atomic E-state index is 0.297. The highest BCUT2D eigenvalue weighted by atomic mass is 16.5. The number of hydrogen-bond acceptors (Lipinski definition) is 6. The van der Waals surface area contributed by atoms with Crippen molar-refractivity contribution in [2.24, 2.45) is 0 Å². The molecule has 24 heavy (non-hydrogen) atoms. The lowest BCUT2D eigenvalue weighted by molar-refractivity contribution is 0.120. The topological polar surface area (TPSA) is 53.5 Å². The van der Waals surface area contributed by atoms with Crippen molar-refractivity contribution in [1.82, 2.24) is 14.9 Å². The smallest absolute Gasteiger partial charge is 0.227 e. The van der Waals surface area contributed by atoms with Gasteiger partial charge in [0.05, 0.1) is 11.6 Å². The maximum atomic E-state index is 5.72. The number of benzene rings is 1. The summed E-state index contributed by atoms with van der Waals surface area (Å²) < 4.78 is 5.72. The zero-order valence-corrected chi connectivity index (χ0v) is 14.2. The molecule has 1 aromatic carbocycles. The lowest BCUT2D eigenvalue weighted by Crippen LogP contribution is -2.45. The predicted octanol–water partition coefficient (Wildman–Crippen LogP) is 1.97. The second-order valence-corrected chi connectivity index (χ2v) is 6.70. The Bertz CT molecular complexity index is 693. The molecule has 0 amide bonds. The summed E-state index contributed by atoms with van der Waals surface area (Å²) in [6.07, 6.45) is 2.58. The van der Waals surface area contributed by atoms with Crippen LogP contribution in [-0.4, -0.2) is 67.4 Å². The quantitative estimate of drug-likeness (QED) is 0.927. The zero-order chi connectivity index (χ0) is 16.4. The van der Waals surface area contributed by atoms with Crippen LogP contribution in [0.25, 0.3) is 10.9 Å². The molecule has 2 fully saturated rings. The van der Waals surface area contributed by atoms with E-state index in [4.69, 9.17) is 14.7 Å². The second kappa shape index (κ2) is 6.91. The number of aromatic nitrogens is 2. The van der Waals surface area contributed by atoms with Gasteiger partial charge in [-0.2, -0.15) is 4.98 Å². The summed E-state index contributed by atoms with van der Waals surface area (Å²) in [5, 5.41) is 4.58. The van der Waals surface area contributed by atoms with Gasteiger partial charge in [0, 0.05) is 44.7 Å². The van der Waals surface area contributed by atoms with Gasteiger partial charge >= 0.3 is 0 Å². The molecule has 2 aliphatic heterocycles. The van der Waals surface area contributed by atoms with Gasteiger partial charge in [-0.3, -0.25) is 0 Å². The van der Waals surface area contributed by atoms with Crippen LogP contribution in [0.1, 0.15) is 12.8 Å². The van der Waals surface area contributed by atoms with E-state index in [-0.39, 0.29) is 0 Å². The first-order chi connectivity index (χ1) is 11.8. The van der Waals surface area contributed by atoms with E-state index < -0.39 is 0 Å². The van der Waals surface area contributed by atoms with Crippen LogP contribution in [0, 0.1) is 0 Å². The van der Waals surface area contributed by atoms with Gasteiger partial charge in [0.1, 0.15) is 5.82 Å². The highest BCUT2D eigenvalue weighted by Crippen LogP contribution is 2.24. The Hall–Kier alpha value is -1.92. The first kappa shape index (κ1) is 15.6.